The van der Waals surface area contributed by atoms with Crippen LogP contribution in [0.4, 0.5) is 0 Å². The van der Waals surface area contributed by atoms with E-state index in [0.29, 0.717) is 10.9 Å². The Kier molecular flexibility index (Phi) is 4.05. The second kappa shape index (κ2) is 6.34. The number of methoxy groups -OCH3 is 1. The first kappa shape index (κ1) is 17.2. The van der Waals surface area contributed by atoms with Gasteiger partial charge in [-0.2, -0.15) is 0 Å². The number of aromatic nitrogens is 1. The summed E-state index contributed by atoms with van der Waals surface area (Å²) in [5.41, 5.74) is 1.51. The Morgan fingerprint density at radius 1 is 1.15 bits per heavy atom. The van der Waals surface area contributed by atoms with Gasteiger partial charge in [-0.1, -0.05) is 11.6 Å². The summed E-state index contributed by atoms with van der Waals surface area (Å²) in [5, 5.41) is 1.39. The van der Waals surface area contributed by atoms with E-state index in [4.69, 9.17) is 16.3 Å². The van der Waals surface area contributed by atoms with Crippen molar-refractivity contribution in [1.82, 2.24) is 4.98 Å². The topological polar surface area (TPSA) is 39.2 Å². The third-order valence-electron chi connectivity index (χ3n) is 6.98. The zero-order valence-corrected chi connectivity index (χ0v) is 16.3. The van der Waals surface area contributed by atoms with Crippen LogP contribution < -0.4 is 4.74 Å². The predicted octanol–water partition coefficient (Wildman–Crippen LogP) is 5.70. The van der Waals surface area contributed by atoms with E-state index in [2.05, 4.69) is 4.98 Å². The average molecular weight is 382 g/mol. The summed E-state index contributed by atoms with van der Waals surface area (Å²) < 4.78 is 5.30. The molecule has 1 heterocycles. The van der Waals surface area contributed by atoms with Crippen LogP contribution in [0.5, 0.6) is 5.75 Å². The predicted molar refractivity (Wildman–Crippen MR) is 108 cm³/mol. The molecular formula is C23H24ClNO2. The molecule has 4 heteroatoms. The number of rotatable bonds is 4. The molecule has 0 amide bonds. The Morgan fingerprint density at radius 2 is 1.81 bits per heavy atom. The highest BCUT2D eigenvalue weighted by Gasteiger charge is 2.53. The summed E-state index contributed by atoms with van der Waals surface area (Å²) in [6.45, 7) is 0. The minimum atomic E-state index is -0.106. The summed E-state index contributed by atoms with van der Waals surface area (Å²) in [6, 6.07) is 7.69. The maximum absolute atomic E-state index is 13.2. The molecule has 4 aliphatic carbocycles. The van der Waals surface area contributed by atoms with Crippen molar-refractivity contribution in [2.45, 2.75) is 38.5 Å². The number of hydrogen-bond donors (Lipinski definition) is 0. The summed E-state index contributed by atoms with van der Waals surface area (Å²) in [6.07, 6.45) is 10.9. The molecule has 0 aliphatic heterocycles. The zero-order valence-electron chi connectivity index (χ0n) is 15.6. The third kappa shape index (κ3) is 2.97. The van der Waals surface area contributed by atoms with E-state index in [9.17, 15) is 4.79 Å². The molecule has 0 spiro atoms. The third-order valence-corrected chi connectivity index (χ3v) is 7.28. The molecule has 4 aliphatic rings. The highest BCUT2D eigenvalue weighted by molar-refractivity contribution is 6.31. The fraction of sp³-hybridized carbons (Fsp3) is 0.478. The van der Waals surface area contributed by atoms with E-state index in [1.807, 2.05) is 30.3 Å². The second-order valence-electron chi connectivity index (χ2n) is 8.82. The van der Waals surface area contributed by atoms with Crippen molar-refractivity contribution in [2.24, 2.45) is 23.2 Å². The van der Waals surface area contributed by atoms with Gasteiger partial charge in [-0.25, -0.2) is 4.98 Å². The summed E-state index contributed by atoms with van der Waals surface area (Å²) in [4.78, 5) is 17.6. The molecule has 1 aromatic heterocycles. The van der Waals surface area contributed by atoms with Crippen molar-refractivity contribution >= 4 is 34.4 Å². The number of carbonyl (C=O) groups is 1. The van der Waals surface area contributed by atoms with E-state index in [1.54, 1.807) is 13.2 Å². The number of ketones is 1. The largest absolute Gasteiger partial charge is 0.497 e. The van der Waals surface area contributed by atoms with Gasteiger partial charge in [0.05, 0.1) is 12.6 Å². The van der Waals surface area contributed by atoms with Gasteiger partial charge in [-0.05, 0) is 92.7 Å². The lowest BCUT2D eigenvalue weighted by Crippen LogP contribution is -2.49. The van der Waals surface area contributed by atoms with Gasteiger partial charge in [0.15, 0.2) is 5.78 Å². The number of fused-ring (bicyclic) bond motifs is 1. The standard InChI is InChI=1S/C23H24ClNO2/c1-27-19-3-4-20-18(10-19)9-17(22(24)25-20)2-5-21(26)23-11-14-6-15(12-23)8-16(7-14)13-23/h2-5,9-10,14-16H,6-8,11-13H2,1H3. The van der Waals surface area contributed by atoms with Crippen molar-refractivity contribution in [2.75, 3.05) is 7.11 Å². The van der Waals surface area contributed by atoms with Gasteiger partial charge in [-0.15, -0.1) is 0 Å². The normalized spacial score (nSPS) is 31.7. The van der Waals surface area contributed by atoms with Gasteiger partial charge in [0.2, 0.25) is 0 Å². The van der Waals surface area contributed by atoms with E-state index in [0.717, 1.165) is 59.2 Å². The smallest absolute Gasteiger partial charge is 0.161 e. The first-order valence-corrected chi connectivity index (χ1v) is 10.3. The van der Waals surface area contributed by atoms with Crippen molar-refractivity contribution in [3.8, 4) is 5.75 Å². The molecule has 6 rings (SSSR count). The highest BCUT2D eigenvalue weighted by atomic mass is 35.5. The molecule has 4 bridgehead atoms. The number of ether oxygens (including phenoxy) is 1. The van der Waals surface area contributed by atoms with Crippen LogP contribution in [0.3, 0.4) is 0 Å². The number of carbonyl (C=O) groups excluding carboxylic acids is 1. The molecule has 4 fully saturated rings. The lowest BCUT2D eigenvalue weighted by molar-refractivity contribution is -0.138. The molecule has 0 saturated heterocycles. The molecule has 0 atom stereocenters. The van der Waals surface area contributed by atoms with Crippen LogP contribution in [0.1, 0.15) is 44.1 Å². The molecule has 3 nitrogen and oxygen atoms in total. The Hall–Kier alpha value is -1.87. The van der Waals surface area contributed by atoms with Crippen LogP contribution in [-0.4, -0.2) is 17.9 Å². The van der Waals surface area contributed by atoms with Gasteiger partial charge in [0, 0.05) is 16.4 Å². The number of hydrogen-bond acceptors (Lipinski definition) is 3. The Morgan fingerprint density at radius 3 is 2.44 bits per heavy atom. The fourth-order valence-electron chi connectivity index (χ4n) is 6.15. The first-order valence-electron chi connectivity index (χ1n) is 9.91. The minimum Gasteiger partial charge on any atom is -0.497 e. The number of benzene rings is 1. The molecule has 27 heavy (non-hydrogen) atoms. The summed E-state index contributed by atoms with van der Waals surface area (Å²) in [7, 11) is 1.65. The Bertz CT molecular complexity index is 914. The average Bonchev–Trinajstić information content (AvgIpc) is 2.64. The molecule has 0 radical (unpaired) electrons. The van der Waals surface area contributed by atoms with E-state index in [1.165, 1.54) is 19.3 Å². The van der Waals surface area contributed by atoms with Crippen molar-refractivity contribution in [3.05, 3.63) is 41.1 Å². The maximum Gasteiger partial charge on any atom is 0.161 e. The fourth-order valence-corrected chi connectivity index (χ4v) is 6.35. The van der Waals surface area contributed by atoms with E-state index in [-0.39, 0.29) is 5.41 Å². The highest BCUT2D eigenvalue weighted by Crippen LogP contribution is 2.60. The van der Waals surface area contributed by atoms with E-state index >= 15 is 0 Å². The van der Waals surface area contributed by atoms with Gasteiger partial charge >= 0.3 is 0 Å². The molecule has 2 aromatic rings. The number of pyridine rings is 1. The Labute approximate surface area is 164 Å². The first-order chi connectivity index (χ1) is 13.0. The minimum absolute atomic E-state index is 0.106. The van der Waals surface area contributed by atoms with Gasteiger partial charge < -0.3 is 4.74 Å². The monoisotopic (exact) mass is 381 g/mol. The number of nitrogens with zero attached hydrogens (tertiary/aromatic N) is 1. The molecule has 0 unspecified atom stereocenters. The zero-order chi connectivity index (χ0) is 18.6. The number of allylic oxidation sites excluding steroid dienone is 1. The molecule has 0 N–H and O–H groups in total. The van der Waals surface area contributed by atoms with Crippen molar-refractivity contribution < 1.29 is 9.53 Å². The Balaban J connectivity index is 1.43. The van der Waals surface area contributed by atoms with Crippen LogP contribution in [0.2, 0.25) is 5.15 Å². The SMILES string of the molecule is COc1ccc2nc(Cl)c(C=CC(=O)C34CC5CC(CC(C5)C3)C4)cc2c1. The molecule has 4 saturated carbocycles. The van der Waals surface area contributed by atoms with Gasteiger partial charge in [0.25, 0.3) is 0 Å². The van der Waals surface area contributed by atoms with Crippen LogP contribution >= 0.6 is 11.6 Å². The summed E-state index contributed by atoms with van der Waals surface area (Å²) >= 11 is 6.37. The van der Waals surface area contributed by atoms with Crippen LogP contribution in [0, 0.1) is 23.2 Å². The lowest BCUT2D eigenvalue weighted by Gasteiger charge is -2.55. The number of halogens is 1. The second-order valence-corrected chi connectivity index (χ2v) is 9.18. The molecule has 1 aromatic carbocycles. The molecule has 140 valence electrons. The quantitative estimate of drug-likeness (QED) is 0.504. The summed E-state index contributed by atoms with van der Waals surface area (Å²) in [5.74, 6) is 3.39. The van der Waals surface area contributed by atoms with Crippen LogP contribution in [-0.2, 0) is 4.79 Å². The van der Waals surface area contributed by atoms with Gasteiger partial charge in [-0.3, -0.25) is 4.79 Å². The molecular weight excluding hydrogens is 358 g/mol. The van der Waals surface area contributed by atoms with E-state index < -0.39 is 0 Å². The van der Waals surface area contributed by atoms with Crippen LogP contribution in [0.25, 0.3) is 17.0 Å². The van der Waals surface area contributed by atoms with Crippen molar-refractivity contribution in [3.63, 3.8) is 0 Å². The van der Waals surface area contributed by atoms with Gasteiger partial charge in [0.1, 0.15) is 10.9 Å². The van der Waals surface area contributed by atoms with Crippen molar-refractivity contribution in [1.29, 1.82) is 0 Å². The lowest BCUT2D eigenvalue weighted by atomic mass is 9.48. The van der Waals surface area contributed by atoms with Crippen LogP contribution in [0.15, 0.2) is 30.3 Å². The maximum atomic E-state index is 13.2.